The minimum Gasteiger partial charge on any atom is -0.335 e. The molecule has 0 radical (unpaired) electrons. The van der Waals surface area contributed by atoms with Gasteiger partial charge in [0.2, 0.25) is 0 Å². The van der Waals surface area contributed by atoms with Crippen molar-refractivity contribution in [2.45, 2.75) is 161 Å². The smallest absolute Gasteiger partial charge is 0.254 e. The number of fused-ring (bicyclic) bond motifs is 10. The fraction of sp³-hybridized carbons (Fsp3) is 0.439. The van der Waals surface area contributed by atoms with Crippen LogP contribution in [0.5, 0.6) is 0 Å². The lowest BCUT2D eigenvalue weighted by atomic mass is 9.33. The van der Waals surface area contributed by atoms with Gasteiger partial charge in [-0.1, -0.05) is 138 Å². The Morgan fingerprint density at radius 3 is 1.95 bits per heavy atom. The summed E-state index contributed by atoms with van der Waals surface area (Å²) in [6.45, 7) is 32.0. The molecule has 61 heavy (non-hydrogen) atoms. The molecular weight excluding hydrogens is 756 g/mol. The highest BCUT2D eigenvalue weighted by Crippen LogP contribution is 2.63. The second kappa shape index (κ2) is 12.5. The minimum absolute atomic E-state index is 0.0169. The molecule has 4 heterocycles. The number of aryl methyl sites for hydroxylation is 1. The Hall–Kier alpha value is -4.28. The molecule has 0 bridgehead atoms. The maximum absolute atomic E-state index is 2.91. The summed E-state index contributed by atoms with van der Waals surface area (Å²) < 4.78 is 1.43. The van der Waals surface area contributed by atoms with E-state index in [0.717, 1.165) is 0 Å². The summed E-state index contributed by atoms with van der Waals surface area (Å²) in [5, 5.41) is 2.85. The highest BCUT2D eigenvalue weighted by atomic mass is 32.1. The Bertz CT molecular complexity index is 2850. The number of hydrogen-bond donors (Lipinski definition) is 0. The predicted octanol–water partition coefficient (Wildman–Crippen LogP) is 14.2. The predicted molar refractivity (Wildman–Crippen MR) is 267 cm³/mol. The van der Waals surface area contributed by atoms with E-state index in [9.17, 15) is 0 Å². The van der Waals surface area contributed by atoms with Crippen LogP contribution < -0.4 is 26.2 Å². The molecule has 1 aromatic heterocycles. The lowest BCUT2D eigenvalue weighted by Gasteiger charge is -2.52. The van der Waals surface area contributed by atoms with E-state index in [-0.39, 0.29) is 39.3 Å². The minimum atomic E-state index is -0.0224. The van der Waals surface area contributed by atoms with Crippen LogP contribution in [0.15, 0.2) is 84.9 Å². The van der Waals surface area contributed by atoms with Crippen LogP contribution in [-0.2, 0) is 27.1 Å². The SMILES string of the molecule is Cc1cc2c3c(c1)N1c4c(cc(C(C)(C)C)cc4C4(C)CCCCC14C)B3c1c(sc3cc4c(cc13)C(C)(C)CCC4(C)C)N2c1ccc(C(C)(C)C)cc1-c1ccccc1. The van der Waals surface area contributed by atoms with Gasteiger partial charge in [0.25, 0.3) is 6.71 Å². The molecule has 4 heteroatoms. The van der Waals surface area contributed by atoms with Crippen LogP contribution in [0.3, 0.4) is 0 Å². The normalized spacial score (nSPS) is 23.1. The molecule has 2 nitrogen and oxygen atoms in total. The lowest BCUT2D eigenvalue weighted by Crippen LogP contribution is -2.64. The van der Waals surface area contributed by atoms with Gasteiger partial charge in [-0.05, 0) is 158 Å². The van der Waals surface area contributed by atoms with Crippen molar-refractivity contribution in [1.29, 1.82) is 0 Å². The standard InChI is InChI=1S/C57H65BN2S/c1-34-27-45-49-46(28-34)60-50-42(56(12)23-17-18-24-57(56,60)13)30-37(53(5,6)7)31-43(50)58(49)48-39-32-40-41(55(10,11)26-25-54(40,8)9)33-47(39)61-51(48)59(45)44-22-21-36(52(2,3)4)29-38(44)35-19-15-14-16-20-35/h14-16,19-22,27-33H,17-18,23-26H2,1-13H3. The summed E-state index contributed by atoms with van der Waals surface area (Å²) in [4.78, 5) is 5.65. The van der Waals surface area contributed by atoms with E-state index in [1.165, 1.54) is 121 Å². The highest BCUT2D eigenvalue weighted by Gasteiger charge is 2.62. The van der Waals surface area contributed by atoms with E-state index in [1.807, 2.05) is 11.3 Å². The van der Waals surface area contributed by atoms with Crippen molar-refractivity contribution in [3.05, 3.63) is 118 Å². The number of nitrogens with zero attached hydrogens (tertiary/aromatic N) is 2. The molecule has 1 fully saturated rings. The van der Waals surface area contributed by atoms with Crippen LogP contribution in [0.2, 0.25) is 0 Å². The molecule has 1 saturated carbocycles. The van der Waals surface area contributed by atoms with Gasteiger partial charge in [0.1, 0.15) is 0 Å². The number of benzene rings is 5. The monoisotopic (exact) mass is 820 g/mol. The zero-order valence-corrected chi connectivity index (χ0v) is 40.0. The fourth-order valence-electron chi connectivity index (χ4n) is 12.8. The van der Waals surface area contributed by atoms with Crippen LogP contribution in [0.1, 0.15) is 155 Å². The van der Waals surface area contributed by atoms with E-state index >= 15 is 0 Å². The fourth-order valence-corrected chi connectivity index (χ4v) is 14.1. The van der Waals surface area contributed by atoms with Gasteiger partial charge in [-0.2, -0.15) is 0 Å². The summed E-state index contributed by atoms with van der Waals surface area (Å²) in [5.74, 6) is 0. The Kier molecular flexibility index (Phi) is 8.08. The van der Waals surface area contributed by atoms with Gasteiger partial charge in [-0.15, -0.1) is 11.3 Å². The van der Waals surface area contributed by atoms with Gasteiger partial charge in [-0.25, -0.2) is 0 Å². The summed E-state index contributed by atoms with van der Waals surface area (Å²) in [6, 6.07) is 34.4. The van der Waals surface area contributed by atoms with Crippen LogP contribution in [0, 0.1) is 6.92 Å². The summed E-state index contributed by atoms with van der Waals surface area (Å²) in [7, 11) is 0. The van der Waals surface area contributed by atoms with Gasteiger partial charge in [0, 0.05) is 32.7 Å². The van der Waals surface area contributed by atoms with Crippen molar-refractivity contribution in [3.8, 4) is 11.1 Å². The van der Waals surface area contributed by atoms with E-state index in [4.69, 9.17) is 0 Å². The molecule has 0 N–H and O–H groups in total. The van der Waals surface area contributed by atoms with E-state index in [1.54, 1.807) is 16.7 Å². The second-order valence-electron chi connectivity index (χ2n) is 23.7. The van der Waals surface area contributed by atoms with Crippen molar-refractivity contribution in [1.82, 2.24) is 0 Å². The number of anilines is 5. The summed E-state index contributed by atoms with van der Waals surface area (Å²) in [5.41, 5.74) is 21.9. The molecule has 2 unspecified atom stereocenters. The number of thiophene rings is 1. The Labute approximate surface area is 370 Å². The van der Waals surface area contributed by atoms with E-state index in [2.05, 4.69) is 185 Å². The van der Waals surface area contributed by atoms with Crippen LogP contribution in [-0.4, -0.2) is 12.3 Å². The molecule has 0 spiro atoms. The molecule has 6 aromatic rings. The van der Waals surface area contributed by atoms with Gasteiger partial charge >= 0.3 is 0 Å². The topological polar surface area (TPSA) is 6.48 Å². The average molecular weight is 821 g/mol. The molecule has 0 saturated heterocycles. The second-order valence-corrected chi connectivity index (χ2v) is 24.7. The van der Waals surface area contributed by atoms with Crippen molar-refractivity contribution in [2.24, 2.45) is 0 Å². The Balaban J connectivity index is 1.31. The summed E-state index contributed by atoms with van der Waals surface area (Å²) >= 11 is 2.04. The quantitative estimate of drug-likeness (QED) is 0.160. The van der Waals surface area contributed by atoms with E-state index < -0.39 is 0 Å². The molecule has 3 aliphatic heterocycles. The van der Waals surface area contributed by atoms with Crippen molar-refractivity contribution in [3.63, 3.8) is 0 Å². The number of hydrogen-bond acceptors (Lipinski definition) is 3. The first-order valence-corrected chi connectivity index (χ1v) is 24.2. The molecule has 312 valence electrons. The maximum atomic E-state index is 2.91. The molecule has 5 aromatic carbocycles. The zero-order valence-electron chi connectivity index (χ0n) is 39.2. The first-order valence-electron chi connectivity index (χ1n) is 23.4. The van der Waals surface area contributed by atoms with Crippen LogP contribution in [0.25, 0.3) is 21.2 Å². The van der Waals surface area contributed by atoms with E-state index in [0.29, 0.717) is 0 Å². The van der Waals surface area contributed by atoms with Gasteiger partial charge < -0.3 is 9.80 Å². The largest absolute Gasteiger partial charge is 0.335 e. The van der Waals surface area contributed by atoms with Crippen molar-refractivity contribution >= 4 is 72.3 Å². The third-order valence-corrected chi connectivity index (χ3v) is 18.0. The van der Waals surface area contributed by atoms with Crippen LogP contribution in [0.4, 0.5) is 27.8 Å². The third-order valence-electron chi connectivity index (χ3n) is 16.8. The van der Waals surface area contributed by atoms with Gasteiger partial charge in [0.15, 0.2) is 0 Å². The summed E-state index contributed by atoms with van der Waals surface area (Å²) in [6.07, 6.45) is 7.43. The van der Waals surface area contributed by atoms with Gasteiger partial charge in [-0.3, -0.25) is 0 Å². The first kappa shape index (κ1) is 39.6. The van der Waals surface area contributed by atoms with Crippen molar-refractivity contribution < 1.29 is 0 Å². The van der Waals surface area contributed by atoms with Crippen molar-refractivity contribution in [2.75, 3.05) is 9.80 Å². The lowest BCUT2D eigenvalue weighted by molar-refractivity contribution is 0.195. The molecular formula is C57H65BN2S. The Morgan fingerprint density at radius 1 is 0.607 bits per heavy atom. The zero-order chi connectivity index (χ0) is 43.0. The molecule has 2 atom stereocenters. The van der Waals surface area contributed by atoms with Gasteiger partial charge in [0.05, 0.1) is 16.2 Å². The maximum Gasteiger partial charge on any atom is 0.254 e. The third kappa shape index (κ3) is 5.33. The molecule has 5 aliphatic rings. The van der Waals surface area contributed by atoms with Crippen LogP contribution >= 0.6 is 11.3 Å². The highest BCUT2D eigenvalue weighted by molar-refractivity contribution is 7.26. The molecule has 2 aliphatic carbocycles. The average Bonchev–Trinajstić information content (AvgIpc) is 3.67. The first-order chi connectivity index (χ1) is 28.6. The molecule has 11 rings (SSSR count). The number of rotatable bonds is 2. The molecule has 0 amide bonds. The Morgan fingerprint density at radius 2 is 1.26 bits per heavy atom.